The van der Waals surface area contributed by atoms with Crippen molar-refractivity contribution in [3.05, 3.63) is 28.8 Å². The van der Waals surface area contributed by atoms with Crippen LogP contribution in [-0.4, -0.2) is 47.5 Å². The van der Waals surface area contributed by atoms with Crippen LogP contribution in [0.2, 0.25) is 0 Å². The molecule has 0 unspecified atom stereocenters. The second-order valence-electron chi connectivity index (χ2n) is 5.53. The Balaban J connectivity index is 1.52. The normalized spacial score (nSPS) is 13.4. The molecule has 0 aliphatic carbocycles. The molecule has 0 radical (unpaired) electrons. The molecule has 1 aliphatic rings. The van der Waals surface area contributed by atoms with Gasteiger partial charge in [0.1, 0.15) is 17.3 Å². The van der Waals surface area contributed by atoms with Crippen molar-refractivity contribution in [2.75, 3.05) is 30.3 Å². The van der Waals surface area contributed by atoms with E-state index in [0.717, 1.165) is 14.9 Å². The third-order valence-corrected chi connectivity index (χ3v) is 5.49. The number of fused-ring (bicyclic) bond motifs is 1. The molecule has 25 heavy (non-hydrogen) atoms. The third kappa shape index (κ3) is 4.49. The van der Waals surface area contributed by atoms with E-state index in [-0.39, 0.29) is 25.0 Å². The first kappa shape index (κ1) is 17.7. The lowest BCUT2D eigenvalue weighted by Crippen LogP contribution is -2.45. The molecule has 0 bridgehead atoms. The average molecular weight is 378 g/mol. The van der Waals surface area contributed by atoms with Crippen molar-refractivity contribution in [2.24, 2.45) is 0 Å². The Kier molecular flexibility index (Phi) is 5.54. The molecule has 1 N–H and O–H groups in total. The van der Waals surface area contributed by atoms with Gasteiger partial charge in [-0.05, 0) is 31.5 Å². The van der Waals surface area contributed by atoms with Gasteiger partial charge < -0.3 is 10.1 Å². The number of hydrogen-bond donors (Lipinski definition) is 1. The highest BCUT2D eigenvalue weighted by atomic mass is 32.2. The molecule has 0 saturated carbocycles. The van der Waals surface area contributed by atoms with E-state index in [0.29, 0.717) is 23.7 Å². The van der Waals surface area contributed by atoms with Crippen molar-refractivity contribution >= 4 is 40.6 Å². The maximum atomic E-state index is 12.2. The quantitative estimate of drug-likeness (QED) is 0.609. The number of carbonyl (C=O) groups is 2. The Morgan fingerprint density at radius 1 is 1.40 bits per heavy atom. The summed E-state index contributed by atoms with van der Waals surface area (Å²) in [5.74, 6) is 0.913. The van der Waals surface area contributed by atoms with Gasteiger partial charge in [-0.1, -0.05) is 29.2 Å². The van der Waals surface area contributed by atoms with Crippen LogP contribution in [0.1, 0.15) is 10.6 Å². The molecule has 2 heterocycles. The molecular weight excluding hydrogens is 360 g/mol. The van der Waals surface area contributed by atoms with Crippen LogP contribution in [0.25, 0.3) is 0 Å². The van der Waals surface area contributed by atoms with Crippen LogP contribution in [0, 0.1) is 13.8 Å². The number of nitrogens with one attached hydrogen (secondary N) is 1. The van der Waals surface area contributed by atoms with Crippen molar-refractivity contribution in [3.8, 4) is 5.75 Å². The molecule has 0 fully saturated rings. The van der Waals surface area contributed by atoms with Crippen LogP contribution in [0.4, 0.5) is 5.69 Å². The molecule has 2 aromatic rings. The molecule has 3 rings (SSSR count). The number of rotatable bonds is 6. The summed E-state index contributed by atoms with van der Waals surface area (Å²) in [5, 5.41) is 11.7. The van der Waals surface area contributed by atoms with Crippen LogP contribution in [0.15, 0.2) is 22.5 Å². The summed E-state index contributed by atoms with van der Waals surface area (Å²) < 4.78 is 6.30. The minimum Gasteiger partial charge on any atom is -0.482 e. The van der Waals surface area contributed by atoms with Gasteiger partial charge in [-0.15, -0.1) is 10.2 Å². The van der Waals surface area contributed by atoms with Crippen LogP contribution in [-0.2, 0) is 9.59 Å². The first-order valence-corrected chi connectivity index (χ1v) is 9.56. The monoisotopic (exact) mass is 378 g/mol. The Bertz CT molecular complexity index is 793. The first-order valence-electron chi connectivity index (χ1n) is 7.76. The van der Waals surface area contributed by atoms with Crippen molar-refractivity contribution in [2.45, 2.75) is 18.2 Å². The van der Waals surface area contributed by atoms with Gasteiger partial charge in [-0.25, -0.2) is 0 Å². The molecule has 0 spiro atoms. The molecule has 7 nitrogen and oxygen atoms in total. The molecule has 1 aromatic heterocycles. The SMILES string of the molecule is Cc1ccc2c(c1)N(CC(=O)NCCSc1nnc(C)s1)C(=O)CO2. The summed E-state index contributed by atoms with van der Waals surface area (Å²) in [7, 11) is 0. The second-order valence-corrected chi connectivity index (χ2v) is 8.05. The Hall–Kier alpha value is -2.13. The van der Waals surface area contributed by atoms with Gasteiger partial charge in [0.15, 0.2) is 10.9 Å². The lowest BCUT2D eigenvalue weighted by molar-refractivity contribution is -0.125. The minimum atomic E-state index is -0.216. The summed E-state index contributed by atoms with van der Waals surface area (Å²) in [5.41, 5.74) is 1.65. The van der Waals surface area contributed by atoms with E-state index < -0.39 is 0 Å². The Morgan fingerprint density at radius 2 is 2.24 bits per heavy atom. The van der Waals surface area contributed by atoms with Gasteiger partial charge >= 0.3 is 0 Å². The maximum Gasteiger partial charge on any atom is 0.265 e. The van der Waals surface area contributed by atoms with E-state index in [9.17, 15) is 9.59 Å². The number of benzene rings is 1. The van der Waals surface area contributed by atoms with Gasteiger partial charge in [0.05, 0.1) is 5.69 Å². The van der Waals surface area contributed by atoms with Gasteiger partial charge in [-0.2, -0.15) is 0 Å². The third-order valence-electron chi connectivity index (χ3n) is 3.52. The number of hydrogen-bond acceptors (Lipinski definition) is 7. The van der Waals surface area contributed by atoms with Crippen molar-refractivity contribution in [1.29, 1.82) is 0 Å². The number of amides is 2. The van der Waals surface area contributed by atoms with Crippen LogP contribution < -0.4 is 15.0 Å². The predicted octanol–water partition coefficient (Wildman–Crippen LogP) is 1.79. The van der Waals surface area contributed by atoms with E-state index in [1.54, 1.807) is 11.8 Å². The molecule has 9 heteroatoms. The number of aromatic nitrogens is 2. The highest BCUT2D eigenvalue weighted by molar-refractivity contribution is 8.01. The molecule has 1 aromatic carbocycles. The minimum absolute atomic E-state index is 0.0127. The van der Waals surface area contributed by atoms with Crippen molar-refractivity contribution in [3.63, 3.8) is 0 Å². The van der Waals surface area contributed by atoms with E-state index in [1.807, 2.05) is 32.0 Å². The fourth-order valence-electron chi connectivity index (χ4n) is 2.35. The van der Waals surface area contributed by atoms with Crippen LogP contribution >= 0.6 is 23.1 Å². The second kappa shape index (κ2) is 7.83. The highest BCUT2D eigenvalue weighted by Crippen LogP contribution is 2.32. The van der Waals surface area contributed by atoms with Gasteiger partial charge in [0.2, 0.25) is 5.91 Å². The highest BCUT2D eigenvalue weighted by Gasteiger charge is 2.27. The summed E-state index contributed by atoms with van der Waals surface area (Å²) in [6.07, 6.45) is 0. The van der Waals surface area contributed by atoms with Gasteiger partial charge in [-0.3, -0.25) is 14.5 Å². The number of carbonyl (C=O) groups excluding carboxylic acids is 2. The summed E-state index contributed by atoms with van der Waals surface area (Å²) >= 11 is 3.08. The zero-order valence-corrected chi connectivity index (χ0v) is 15.6. The zero-order valence-electron chi connectivity index (χ0n) is 13.9. The summed E-state index contributed by atoms with van der Waals surface area (Å²) in [6, 6.07) is 5.59. The van der Waals surface area contributed by atoms with Crippen molar-refractivity contribution < 1.29 is 14.3 Å². The fourth-order valence-corrected chi connectivity index (χ4v) is 4.09. The topological polar surface area (TPSA) is 84.4 Å². The number of ether oxygens (including phenoxy) is 1. The molecule has 132 valence electrons. The fraction of sp³-hybridized carbons (Fsp3) is 0.375. The van der Waals surface area contributed by atoms with Gasteiger partial charge in [0.25, 0.3) is 5.91 Å². The average Bonchev–Trinajstić information content (AvgIpc) is 3.00. The summed E-state index contributed by atoms with van der Waals surface area (Å²) in [6.45, 7) is 4.28. The molecule has 0 saturated heterocycles. The van der Waals surface area contributed by atoms with Crippen LogP contribution in [0.3, 0.4) is 0 Å². The lowest BCUT2D eigenvalue weighted by atomic mass is 10.1. The van der Waals surface area contributed by atoms with E-state index >= 15 is 0 Å². The first-order chi connectivity index (χ1) is 12.0. The van der Waals surface area contributed by atoms with E-state index in [2.05, 4.69) is 15.5 Å². The molecule has 1 aliphatic heterocycles. The molecule has 2 amide bonds. The summed E-state index contributed by atoms with van der Waals surface area (Å²) in [4.78, 5) is 25.8. The van der Waals surface area contributed by atoms with E-state index in [1.165, 1.54) is 16.2 Å². The van der Waals surface area contributed by atoms with E-state index in [4.69, 9.17) is 4.74 Å². The van der Waals surface area contributed by atoms with Crippen LogP contribution in [0.5, 0.6) is 5.75 Å². The smallest absolute Gasteiger partial charge is 0.265 e. The number of nitrogens with zero attached hydrogens (tertiary/aromatic N) is 3. The predicted molar refractivity (Wildman–Crippen MR) is 97.4 cm³/mol. The Morgan fingerprint density at radius 3 is 3.00 bits per heavy atom. The Labute approximate surface area is 153 Å². The standard InChI is InChI=1S/C16H18N4O3S2/c1-10-3-4-13-12(7-10)20(15(22)9-23-13)8-14(21)17-5-6-24-16-19-18-11(2)25-16/h3-4,7H,5-6,8-9H2,1-2H3,(H,17,21). The zero-order chi connectivity index (χ0) is 17.8. The maximum absolute atomic E-state index is 12.2. The van der Waals surface area contributed by atoms with Gasteiger partial charge in [0, 0.05) is 12.3 Å². The molecule has 0 atom stereocenters. The van der Waals surface area contributed by atoms with Crippen molar-refractivity contribution in [1.82, 2.24) is 15.5 Å². The number of thioether (sulfide) groups is 1. The molecular formula is C16H18N4O3S2. The lowest BCUT2D eigenvalue weighted by Gasteiger charge is -2.29. The number of aryl methyl sites for hydroxylation is 2. The largest absolute Gasteiger partial charge is 0.482 e. The number of anilines is 1.